The Morgan fingerprint density at radius 1 is 0.935 bits per heavy atom. The van der Waals surface area contributed by atoms with Crippen LogP contribution in [0.15, 0.2) is 42.5 Å². The highest BCUT2D eigenvalue weighted by atomic mass is 16.5. The van der Waals surface area contributed by atoms with Gasteiger partial charge in [0, 0.05) is 5.69 Å². The van der Waals surface area contributed by atoms with Crippen LogP contribution in [-0.2, 0) is 15.0 Å². The number of likely N-dealkylation sites (N-methyl/N-ethyl adjacent to an activating group) is 1. The van der Waals surface area contributed by atoms with E-state index >= 15 is 0 Å². The van der Waals surface area contributed by atoms with Gasteiger partial charge in [0.1, 0.15) is 12.4 Å². The molecule has 6 nitrogen and oxygen atoms in total. The number of para-hydroxylation sites is 1. The number of carbonyl (C=O) groups is 2. The Morgan fingerprint density at radius 2 is 1.52 bits per heavy atom. The van der Waals surface area contributed by atoms with Crippen LogP contribution < -0.4 is 15.4 Å². The number of ether oxygens (including phenoxy) is 1. The number of benzene rings is 2. The third-order valence-corrected chi connectivity index (χ3v) is 4.99. The molecule has 0 spiro atoms. The Kier molecular flexibility index (Phi) is 8.63. The van der Waals surface area contributed by atoms with Gasteiger partial charge in [-0.15, -0.1) is 0 Å². The summed E-state index contributed by atoms with van der Waals surface area (Å²) in [6.07, 6.45) is 0. The van der Waals surface area contributed by atoms with Gasteiger partial charge in [-0.25, -0.2) is 0 Å². The minimum atomic E-state index is -0.144. The van der Waals surface area contributed by atoms with Crippen molar-refractivity contribution in [1.29, 1.82) is 0 Å². The molecule has 0 aliphatic heterocycles. The molecule has 31 heavy (non-hydrogen) atoms. The average molecular weight is 426 g/mol. The summed E-state index contributed by atoms with van der Waals surface area (Å²) in [5.41, 5.74) is 4.22. The summed E-state index contributed by atoms with van der Waals surface area (Å²) in [6.45, 7) is 11.5. The quantitative estimate of drug-likeness (QED) is 0.602. The van der Waals surface area contributed by atoms with E-state index in [1.54, 1.807) is 11.9 Å². The van der Waals surface area contributed by atoms with Gasteiger partial charge in [0.05, 0.1) is 19.6 Å². The molecule has 0 aliphatic carbocycles. The first-order valence-electron chi connectivity index (χ1n) is 10.6. The number of anilines is 1. The summed E-state index contributed by atoms with van der Waals surface area (Å²) in [5.74, 6) is 0.492. The van der Waals surface area contributed by atoms with E-state index in [9.17, 15) is 9.59 Å². The molecule has 0 heterocycles. The number of aryl methyl sites for hydroxylation is 2. The van der Waals surface area contributed by atoms with Gasteiger partial charge in [-0.2, -0.15) is 0 Å². The monoisotopic (exact) mass is 425 g/mol. The molecule has 0 atom stereocenters. The fraction of sp³-hybridized carbons (Fsp3) is 0.440. The van der Waals surface area contributed by atoms with Crippen molar-refractivity contribution in [2.75, 3.05) is 38.6 Å². The molecule has 2 N–H and O–H groups in total. The Bertz CT molecular complexity index is 866. The molecule has 0 fully saturated rings. The van der Waals surface area contributed by atoms with Gasteiger partial charge in [0.2, 0.25) is 11.8 Å². The van der Waals surface area contributed by atoms with E-state index in [4.69, 9.17) is 4.74 Å². The standard InChI is InChI=1S/C25H35N3O3/c1-18-8-7-9-19(2)24(18)27-23(30)17-28(6)16-22(29)26-14-15-31-21-12-10-20(11-13-21)25(3,4)5/h7-13H,14-17H2,1-6H3,(H,26,29)(H,27,30). The number of hydrogen-bond acceptors (Lipinski definition) is 4. The molecule has 2 aromatic rings. The molecule has 0 aromatic heterocycles. The van der Waals surface area contributed by atoms with Crippen LogP contribution in [0.1, 0.15) is 37.5 Å². The molecule has 168 valence electrons. The van der Waals surface area contributed by atoms with E-state index < -0.39 is 0 Å². The minimum absolute atomic E-state index is 0.105. The maximum atomic E-state index is 12.3. The van der Waals surface area contributed by atoms with Crippen molar-refractivity contribution in [2.24, 2.45) is 0 Å². The number of amides is 2. The lowest BCUT2D eigenvalue weighted by atomic mass is 9.87. The van der Waals surface area contributed by atoms with Crippen LogP contribution in [0.2, 0.25) is 0 Å². The van der Waals surface area contributed by atoms with Gasteiger partial charge < -0.3 is 15.4 Å². The topological polar surface area (TPSA) is 70.7 Å². The van der Waals surface area contributed by atoms with Crippen LogP contribution in [0.5, 0.6) is 5.75 Å². The smallest absolute Gasteiger partial charge is 0.238 e. The van der Waals surface area contributed by atoms with Gasteiger partial charge >= 0.3 is 0 Å². The van der Waals surface area contributed by atoms with Crippen molar-refractivity contribution in [1.82, 2.24) is 10.2 Å². The molecule has 0 radical (unpaired) electrons. The summed E-state index contributed by atoms with van der Waals surface area (Å²) in [5, 5.41) is 5.76. The lowest BCUT2D eigenvalue weighted by Gasteiger charge is -2.19. The van der Waals surface area contributed by atoms with Crippen LogP contribution in [0.25, 0.3) is 0 Å². The lowest BCUT2D eigenvalue weighted by molar-refractivity contribution is -0.123. The predicted molar refractivity (Wildman–Crippen MR) is 126 cm³/mol. The fourth-order valence-electron chi connectivity index (χ4n) is 3.20. The highest BCUT2D eigenvalue weighted by Crippen LogP contribution is 2.24. The Hall–Kier alpha value is -2.86. The summed E-state index contributed by atoms with van der Waals surface area (Å²) >= 11 is 0. The van der Waals surface area contributed by atoms with Crippen molar-refractivity contribution in [3.8, 4) is 5.75 Å². The minimum Gasteiger partial charge on any atom is -0.492 e. The Labute approximate surface area is 186 Å². The van der Waals surface area contributed by atoms with Crippen molar-refractivity contribution in [2.45, 2.75) is 40.0 Å². The second kappa shape index (κ2) is 11.0. The maximum Gasteiger partial charge on any atom is 0.238 e. The fourth-order valence-corrected chi connectivity index (χ4v) is 3.20. The zero-order chi connectivity index (χ0) is 23.0. The molecular weight excluding hydrogens is 390 g/mol. The summed E-state index contributed by atoms with van der Waals surface area (Å²) in [4.78, 5) is 26.1. The molecule has 2 amide bonds. The van der Waals surface area contributed by atoms with E-state index in [2.05, 4.69) is 43.5 Å². The first-order valence-corrected chi connectivity index (χ1v) is 10.6. The molecule has 0 aliphatic rings. The largest absolute Gasteiger partial charge is 0.492 e. The van der Waals surface area contributed by atoms with Crippen molar-refractivity contribution >= 4 is 17.5 Å². The van der Waals surface area contributed by atoms with Gasteiger partial charge in [-0.1, -0.05) is 51.1 Å². The van der Waals surface area contributed by atoms with Crippen molar-refractivity contribution in [3.63, 3.8) is 0 Å². The second-order valence-corrected chi connectivity index (χ2v) is 8.96. The molecule has 2 rings (SSSR count). The van der Waals surface area contributed by atoms with Crippen LogP contribution >= 0.6 is 0 Å². The molecule has 0 saturated heterocycles. The number of nitrogens with zero attached hydrogens (tertiary/aromatic N) is 1. The maximum absolute atomic E-state index is 12.3. The SMILES string of the molecule is Cc1cccc(C)c1NC(=O)CN(C)CC(=O)NCCOc1ccc(C(C)(C)C)cc1. The van der Waals surface area contributed by atoms with Crippen molar-refractivity contribution < 1.29 is 14.3 Å². The normalized spacial score (nSPS) is 11.3. The van der Waals surface area contributed by atoms with Crippen LogP contribution in [0.4, 0.5) is 5.69 Å². The van der Waals surface area contributed by atoms with E-state index in [0.29, 0.717) is 13.2 Å². The third kappa shape index (κ3) is 8.06. The first kappa shape index (κ1) is 24.4. The molecule has 6 heteroatoms. The second-order valence-electron chi connectivity index (χ2n) is 8.96. The lowest BCUT2D eigenvalue weighted by Crippen LogP contribution is -2.40. The van der Waals surface area contributed by atoms with Gasteiger partial charge in [-0.3, -0.25) is 14.5 Å². The summed E-state index contributed by atoms with van der Waals surface area (Å²) < 4.78 is 5.69. The molecule has 0 bridgehead atoms. The van der Waals surface area contributed by atoms with Gasteiger partial charge in [-0.05, 0) is 55.1 Å². The molecule has 2 aromatic carbocycles. The Morgan fingerprint density at radius 3 is 2.10 bits per heavy atom. The highest BCUT2D eigenvalue weighted by Gasteiger charge is 2.14. The summed E-state index contributed by atoms with van der Waals surface area (Å²) in [6, 6.07) is 13.9. The molecule has 0 unspecified atom stereocenters. The van der Waals surface area contributed by atoms with Gasteiger partial charge in [0.25, 0.3) is 0 Å². The molecule has 0 saturated carbocycles. The van der Waals surface area contributed by atoms with Gasteiger partial charge in [0.15, 0.2) is 0 Å². The Balaban J connectivity index is 1.68. The van der Waals surface area contributed by atoms with E-state index in [-0.39, 0.29) is 30.3 Å². The number of hydrogen-bond donors (Lipinski definition) is 2. The highest BCUT2D eigenvalue weighted by molar-refractivity contribution is 5.94. The average Bonchev–Trinajstić information content (AvgIpc) is 2.68. The number of rotatable bonds is 9. The predicted octanol–water partition coefficient (Wildman–Crippen LogP) is 3.67. The van der Waals surface area contributed by atoms with E-state index in [0.717, 1.165) is 22.6 Å². The van der Waals surface area contributed by atoms with E-state index in [1.165, 1.54) is 5.56 Å². The van der Waals surface area contributed by atoms with Crippen LogP contribution in [0, 0.1) is 13.8 Å². The van der Waals surface area contributed by atoms with Crippen LogP contribution in [0.3, 0.4) is 0 Å². The third-order valence-electron chi connectivity index (χ3n) is 4.99. The summed E-state index contributed by atoms with van der Waals surface area (Å²) in [7, 11) is 1.75. The van der Waals surface area contributed by atoms with Crippen LogP contribution in [-0.4, -0.2) is 50.0 Å². The zero-order valence-corrected chi connectivity index (χ0v) is 19.5. The molecular formula is C25H35N3O3. The first-order chi connectivity index (χ1) is 14.6. The van der Waals surface area contributed by atoms with E-state index in [1.807, 2.05) is 44.2 Å². The zero-order valence-electron chi connectivity index (χ0n) is 19.5. The number of nitrogens with one attached hydrogen (secondary N) is 2. The number of carbonyl (C=O) groups excluding carboxylic acids is 2. The van der Waals surface area contributed by atoms with Crippen molar-refractivity contribution in [3.05, 3.63) is 59.2 Å².